The van der Waals surface area contributed by atoms with Crippen LogP contribution in [0, 0.1) is 0 Å². The Morgan fingerprint density at radius 1 is 1.18 bits per heavy atom. The smallest absolute Gasteiger partial charge is 0.485 e. The summed E-state index contributed by atoms with van der Waals surface area (Å²) in [6, 6.07) is 0. The molecular weight excluding hydrogens is 451 g/mol. The SMILES string of the molecule is CC(C)OC1CCN(S(=O)(=O)n2cc[n+](C)c2)CC1.Cl.O=S(=O)([O-])C(F)(F)F. The Labute approximate surface area is 168 Å². The van der Waals surface area contributed by atoms with Crippen molar-refractivity contribution in [2.75, 3.05) is 13.1 Å². The molecule has 1 aromatic rings. The molecule has 166 valence electrons. The zero-order valence-electron chi connectivity index (χ0n) is 15.4. The van der Waals surface area contributed by atoms with Crippen molar-refractivity contribution in [2.45, 2.75) is 44.4 Å². The molecule has 2 heterocycles. The highest BCUT2D eigenvalue weighted by Gasteiger charge is 2.37. The highest BCUT2D eigenvalue weighted by atomic mass is 35.5. The quantitative estimate of drug-likeness (QED) is 0.362. The lowest BCUT2D eigenvalue weighted by Gasteiger charge is -2.30. The Balaban J connectivity index is 0.000000694. The molecule has 0 radical (unpaired) electrons. The summed E-state index contributed by atoms with van der Waals surface area (Å²) >= 11 is 0. The second-order valence-electron chi connectivity index (χ2n) is 6.10. The molecule has 1 aromatic heterocycles. The molecule has 0 atom stereocenters. The largest absolute Gasteiger partial charge is 0.741 e. The van der Waals surface area contributed by atoms with Gasteiger partial charge in [0.25, 0.3) is 6.33 Å². The summed E-state index contributed by atoms with van der Waals surface area (Å²) in [5.41, 5.74) is -5.65. The minimum absolute atomic E-state index is 0. The van der Waals surface area contributed by atoms with Gasteiger partial charge in [0.1, 0.15) is 12.4 Å². The van der Waals surface area contributed by atoms with Crippen molar-refractivity contribution in [3.63, 3.8) is 0 Å². The summed E-state index contributed by atoms with van der Waals surface area (Å²) in [6.07, 6.45) is 6.71. The van der Waals surface area contributed by atoms with Crippen LogP contribution in [0.25, 0.3) is 0 Å². The van der Waals surface area contributed by atoms with Crippen molar-refractivity contribution in [3.05, 3.63) is 18.7 Å². The first-order valence-electron chi connectivity index (χ1n) is 7.86. The summed E-state index contributed by atoms with van der Waals surface area (Å²) in [5, 5.41) is 0. The fourth-order valence-electron chi connectivity index (χ4n) is 2.28. The van der Waals surface area contributed by atoms with Crippen molar-refractivity contribution in [1.29, 1.82) is 0 Å². The van der Waals surface area contributed by atoms with Gasteiger partial charge >= 0.3 is 15.7 Å². The lowest BCUT2D eigenvalue weighted by molar-refractivity contribution is -0.670. The predicted molar refractivity (Wildman–Crippen MR) is 93.7 cm³/mol. The molecular formula is C13H23ClF3N3O6S2. The fraction of sp³-hybridized carbons (Fsp3) is 0.769. The topological polar surface area (TPSA) is 113 Å². The average molecular weight is 474 g/mol. The maximum Gasteiger partial charge on any atom is 0.485 e. The van der Waals surface area contributed by atoms with Crippen molar-refractivity contribution in [2.24, 2.45) is 7.05 Å². The third kappa shape index (κ3) is 7.83. The number of nitrogens with zero attached hydrogens (tertiary/aromatic N) is 3. The van der Waals surface area contributed by atoms with Crippen molar-refractivity contribution >= 4 is 32.7 Å². The molecule has 9 nitrogen and oxygen atoms in total. The summed E-state index contributed by atoms with van der Waals surface area (Å²) in [6.45, 7) is 5.04. The molecule has 0 spiro atoms. The van der Waals surface area contributed by atoms with Crippen LogP contribution >= 0.6 is 12.4 Å². The van der Waals surface area contributed by atoms with E-state index in [1.54, 1.807) is 30.3 Å². The molecule has 1 aliphatic heterocycles. The minimum atomic E-state index is -6.09. The highest BCUT2D eigenvalue weighted by Crippen LogP contribution is 2.20. The Bertz CT molecular complexity index is 819. The van der Waals surface area contributed by atoms with E-state index in [4.69, 9.17) is 17.7 Å². The Morgan fingerprint density at radius 3 is 1.96 bits per heavy atom. The van der Waals surface area contributed by atoms with Gasteiger partial charge in [-0.3, -0.25) is 0 Å². The third-order valence-electron chi connectivity index (χ3n) is 3.49. The number of hydrogen-bond acceptors (Lipinski definition) is 6. The van der Waals surface area contributed by atoms with Crippen LogP contribution in [0.15, 0.2) is 18.7 Å². The number of imidazole rings is 1. The Kier molecular flexibility index (Phi) is 9.87. The van der Waals surface area contributed by atoms with Gasteiger partial charge in [-0.25, -0.2) is 13.0 Å². The van der Waals surface area contributed by atoms with Gasteiger partial charge in [-0.05, 0) is 26.7 Å². The first-order valence-corrected chi connectivity index (χ1v) is 10.7. The van der Waals surface area contributed by atoms with E-state index in [-0.39, 0.29) is 24.6 Å². The Hall–Kier alpha value is -0.930. The van der Waals surface area contributed by atoms with Crippen LogP contribution in [-0.2, 0) is 32.1 Å². The normalized spacial score (nSPS) is 17.0. The minimum Gasteiger partial charge on any atom is -0.741 e. The standard InChI is InChI=1S/C12H22N3O3S.CHF3O3S.ClH/c1-11(2)18-12-4-6-14(7-5-12)19(16,17)15-9-8-13(3)10-15;2-1(3,4)8(5,6)7;/h8-12H,4-7H2,1-3H3;(H,5,6,7);1H/q+1;;/p-1. The molecule has 1 aliphatic rings. The van der Waals surface area contributed by atoms with E-state index in [0.29, 0.717) is 13.1 Å². The molecule has 0 aliphatic carbocycles. The first-order chi connectivity index (χ1) is 12.1. The molecule has 0 bridgehead atoms. The van der Waals surface area contributed by atoms with E-state index >= 15 is 0 Å². The summed E-state index contributed by atoms with van der Waals surface area (Å²) in [7, 11) is -7.71. The van der Waals surface area contributed by atoms with Crippen LogP contribution in [0.5, 0.6) is 0 Å². The van der Waals surface area contributed by atoms with Crippen molar-refractivity contribution in [1.82, 2.24) is 8.28 Å². The monoisotopic (exact) mass is 473 g/mol. The number of ether oxygens (including phenoxy) is 1. The maximum atomic E-state index is 12.4. The molecule has 0 aromatic carbocycles. The van der Waals surface area contributed by atoms with Crippen molar-refractivity contribution in [3.8, 4) is 0 Å². The van der Waals surface area contributed by atoms with Crippen LogP contribution < -0.4 is 4.57 Å². The van der Waals surface area contributed by atoms with Gasteiger partial charge in [0.2, 0.25) is 0 Å². The Morgan fingerprint density at radius 2 is 1.64 bits per heavy atom. The average Bonchev–Trinajstić information content (AvgIpc) is 2.93. The van der Waals surface area contributed by atoms with Crippen molar-refractivity contribution < 1.29 is 43.9 Å². The highest BCUT2D eigenvalue weighted by molar-refractivity contribution is 7.87. The molecule has 15 heteroatoms. The molecule has 28 heavy (non-hydrogen) atoms. The van der Waals surface area contributed by atoms with Gasteiger partial charge < -0.3 is 9.29 Å². The van der Waals surface area contributed by atoms with E-state index in [0.717, 1.165) is 12.8 Å². The fourth-order valence-corrected chi connectivity index (χ4v) is 3.70. The molecule has 0 N–H and O–H groups in total. The van der Waals surface area contributed by atoms with Gasteiger partial charge in [-0.2, -0.15) is 25.9 Å². The van der Waals surface area contributed by atoms with Crippen LogP contribution in [0.1, 0.15) is 26.7 Å². The summed E-state index contributed by atoms with van der Waals surface area (Å²) in [4.78, 5) is 0. The number of alkyl halides is 3. The van der Waals surface area contributed by atoms with E-state index in [1.807, 2.05) is 13.8 Å². The number of hydrogen-bond donors (Lipinski definition) is 0. The molecule has 2 rings (SSSR count). The number of aryl methyl sites for hydroxylation is 1. The van der Waals surface area contributed by atoms with E-state index in [2.05, 4.69) is 0 Å². The zero-order valence-corrected chi connectivity index (χ0v) is 17.8. The van der Waals surface area contributed by atoms with Gasteiger partial charge in [-0.15, -0.1) is 16.4 Å². The van der Waals surface area contributed by atoms with Gasteiger partial charge in [0.15, 0.2) is 10.1 Å². The van der Waals surface area contributed by atoms with E-state index < -0.39 is 25.8 Å². The van der Waals surface area contributed by atoms with Crippen LogP contribution in [0.4, 0.5) is 13.2 Å². The zero-order chi connectivity index (χ0) is 21.0. The second kappa shape index (κ2) is 10.2. The third-order valence-corrected chi connectivity index (χ3v) is 5.82. The maximum absolute atomic E-state index is 12.4. The lowest BCUT2D eigenvalue weighted by Crippen LogP contribution is -2.43. The molecule has 1 saturated heterocycles. The van der Waals surface area contributed by atoms with Crippen LogP contribution in [-0.4, -0.2) is 60.5 Å². The molecule has 0 saturated carbocycles. The lowest BCUT2D eigenvalue weighted by atomic mass is 10.1. The first kappa shape index (κ1) is 27.1. The van der Waals surface area contributed by atoms with Crippen LogP contribution in [0.2, 0.25) is 0 Å². The van der Waals surface area contributed by atoms with E-state index in [1.165, 1.54) is 8.28 Å². The predicted octanol–water partition coefficient (Wildman–Crippen LogP) is 0.768. The van der Waals surface area contributed by atoms with Gasteiger partial charge in [0.05, 0.1) is 19.3 Å². The summed E-state index contributed by atoms with van der Waals surface area (Å²) < 4.78 is 93.9. The number of aromatic nitrogens is 2. The van der Waals surface area contributed by atoms with Gasteiger partial charge in [0, 0.05) is 13.1 Å². The molecule has 0 amide bonds. The number of halogens is 4. The van der Waals surface area contributed by atoms with Crippen LogP contribution in [0.3, 0.4) is 0 Å². The number of piperidine rings is 1. The second-order valence-corrected chi connectivity index (χ2v) is 9.30. The number of rotatable bonds is 4. The molecule has 1 fully saturated rings. The molecule has 0 unspecified atom stereocenters. The van der Waals surface area contributed by atoms with Gasteiger partial charge in [-0.1, -0.05) is 0 Å². The van der Waals surface area contributed by atoms with E-state index in [9.17, 15) is 21.6 Å². The summed E-state index contributed by atoms with van der Waals surface area (Å²) in [5.74, 6) is 0.